The molecule has 2 heterocycles. The minimum atomic E-state index is 0.356. The third kappa shape index (κ3) is 2.51. The van der Waals surface area contributed by atoms with Crippen molar-refractivity contribution in [3.8, 4) is 28.6 Å². The Morgan fingerprint density at radius 3 is 2.79 bits per heavy atom. The average molecular weight is 342 g/mol. The Kier molecular flexibility index (Phi) is 3.46. The van der Waals surface area contributed by atoms with E-state index in [0.29, 0.717) is 33.9 Å². The molecular weight excluding hydrogens is 330 g/mol. The van der Waals surface area contributed by atoms with Gasteiger partial charge in [0.05, 0.1) is 12.7 Å². The first-order valence-corrected chi connectivity index (χ1v) is 7.57. The number of nitrogens with zero attached hydrogens (tertiary/aromatic N) is 3. The molecule has 0 fully saturated rings. The second-order valence-electron chi connectivity index (χ2n) is 5.18. The smallest absolute Gasteiger partial charge is 0.262 e. The maximum atomic E-state index is 5.98. The van der Waals surface area contributed by atoms with Crippen LogP contribution in [-0.2, 0) is 0 Å². The summed E-state index contributed by atoms with van der Waals surface area (Å²) in [6.45, 7) is 1.80. The fourth-order valence-electron chi connectivity index (χ4n) is 2.47. The van der Waals surface area contributed by atoms with Gasteiger partial charge in [0.15, 0.2) is 11.5 Å². The summed E-state index contributed by atoms with van der Waals surface area (Å²) in [5.41, 5.74) is 2.94. The summed E-state index contributed by atoms with van der Waals surface area (Å²) in [5, 5.41) is 4.61. The van der Waals surface area contributed by atoms with E-state index in [1.165, 1.54) is 0 Å². The second-order valence-corrected chi connectivity index (χ2v) is 5.62. The van der Waals surface area contributed by atoms with Gasteiger partial charge in [0.1, 0.15) is 11.3 Å². The number of hydrogen-bond donors (Lipinski definition) is 0. The lowest BCUT2D eigenvalue weighted by atomic mass is 10.2. The highest BCUT2D eigenvalue weighted by Gasteiger charge is 2.16. The molecule has 0 spiro atoms. The topological polar surface area (TPSA) is 74.2 Å². The Hall–Kier alpha value is -2.86. The van der Waals surface area contributed by atoms with Gasteiger partial charge in [0, 0.05) is 17.5 Å². The van der Waals surface area contributed by atoms with Gasteiger partial charge < -0.3 is 13.7 Å². The lowest BCUT2D eigenvalue weighted by Crippen LogP contribution is -1.88. The molecule has 0 radical (unpaired) electrons. The molecule has 2 aromatic carbocycles. The Labute approximate surface area is 142 Å². The van der Waals surface area contributed by atoms with Crippen molar-refractivity contribution < 1.29 is 13.7 Å². The van der Waals surface area contributed by atoms with Crippen LogP contribution in [0.1, 0.15) is 5.89 Å². The fourth-order valence-corrected chi connectivity index (χ4v) is 2.64. The number of methoxy groups -OCH3 is 1. The van der Waals surface area contributed by atoms with Crippen molar-refractivity contribution >= 4 is 22.7 Å². The molecule has 4 rings (SSSR count). The summed E-state index contributed by atoms with van der Waals surface area (Å²) in [6.07, 6.45) is 0. The highest BCUT2D eigenvalue weighted by molar-refractivity contribution is 6.30. The predicted octanol–water partition coefficient (Wildman–Crippen LogP) is 4.52. The number of rotatable bonds is 3. The van der Waals surface area contributed by atoms with Crippen LogP contribution in [-0.4, -0.2) is 22.2 Å². The molecule has 0 aliphatic heterocycles. The molecule has 0 bridgehead atoms. The Balaban J connectivity index is 1.76. The number of halogens is 1. The monoisotopic (exact) mass is 341 g/mol. The van der Waals surface area contributed by atoms with E-state index in [1.807, 2.05) is 18.2 Å². The minimum absolute atomic E-state index is 0.356. The summed E-state index contributed by atoms with van der Waals surface area (Å²) >= 11 is 5.98. The van der Waals surface area contributed by atoms with Crippen LogP contribution < -0.4 is 4.74 Å². The van der Waals surface area contributed by atoms with Crippen molar-refractivity contribution in [2.45, 2.75) is 6.92 Å². The summed E-state index contributed by atoms with van der Waals surface area (Å²) in [7, 11) is 1.56. The van der Waals surface area contributed by atoms with Crippen LogP contribution in [0.3, 0.4) is 0 Å². The third-order valence-electron chi connectivity index (χ3n) is 3.57. The van der Waals surface area contributed by atoms with Crippen molar-refractivity contribution in [3.05, 3.63) is 47.3 Å². The largest absolute Gasteiger partial charge is 0.496 e. The molecule has 0 amide bonds. The number of aryl methyl sites for hydroxylation is 1. The highest BCUT2D eigenvalue weighted by Crippen LogP contribution is 2.32. The SMILES string of the molecule is COc1cc(Cl)ccc1-c1nc(-c2ccc3oc(C)nc3c2)no1. The van der Waals surface area contributed by atoms with Gasteiger partial charge in [-0.05, 0) is 36.4 Å². The van der Waals surface area contributed by atoms with Crippen molar-refractivity contribution in [2.75, 3.05) is 7.11 Å². The number of aromatic nitrogens is 3. The highest BCUT2D eigenvalue weighted by atomic mass is 35.5. The molecule has 0 atom stereocenters. The van der Waals surface area contributed by atoms with Gasteiger partial charge in [0.2, 0.25) is 5.82 Å². The van der Waals surface area contributed by atoms with E-state index < -0.39 is 0 Å². The zero-order valence-corrected chi connectivity index (χ0v) is 13.7. The van der Waals surface area contributed by atoms with Crippen LogP contribution in [0.4, 0.5) is 0 Å². The lowest BCUT2D eigenvalue weighted by molar-refractivity contribution is 0.405. The molecule has 0 unspecified atom stereocenters. The number of benzene rings is 2. The second kappa shape index (κ2) is 5.65. The van der Waals surface area contributed by atoms with E-state index in [4.69, 9.17) is 25.3 Å². The molecule has 0 saturated heterocycles. The van der Waals surface area contributed by atoms with E-state index in [1.54, 1.807) is 32.2 Å². The minimum Gasteiger partial charge on any atom is -0.496 e. The van der Waals surface area contributed by atoms with E-state index in [-0.39, 0.29) is 0 Å². The molecule has 0 aliphatic rings. The maximum Gasteiger partial charge on any atom is 0.262 e. The van der Waals surface area contributed by atoms with Crippen molar-refractivity contribution in [3.63, 3.8) is 0 Å². The Morgan fingerprint density at radius 1 is 1.08 bits per heavy atom. The summed E-state index contributed by atoms with van der Waals surface area (Å²) in [6, 6.07) is 10.8. The van der Waals surface area contributed by atoms with Crippen molar-refractivity contribution in [1.29, 1.82) is 0 Å². The summed E-state index contributed by atoms with van der Waals surface area (Å²) < 4.78 is 16.2. The standard InChI is InChI=1S/C17H12ClN3O3/c1-9-19-13-7-10(3-6-14(13)23-9)16-20-17(24-21-16)12-5-4-11(18)8-15(12)22-2/h3-8H,1-2H3. The van der Waals surface area contributed by atoms with Crippen LogP contribution in [0.5, 0.6) is 5.75 Å². The van der Waals surface area contributed by atoms with E-state index in [9.17, 15) is 0 Å². The zero-order valence-electron chi connectivity index (χ0n) is 12.9. The van der Waals surface area contributed by atoms with Crippen LogP contribution in [0.25, 0.3) is 33.9 Å². The number of fused-ring (bicyclic) bond motifs is 1. The summed E-state index contributed by atoms with van der Waals surface area (Å²) in [4.78, 5) is 8.76. The lowest BCUT2D eigenvalue weighted by Gasteiger charge is -2.04. The maximum absolute atomic E-state index is 5.98. The van der Waals surface area contributed by atoms with Gasteiger partial charge in [-0.15, -0.1) is 0 Å². The average Bonchev–Trinajstić information content (AvgIpc) is 3.19. The van der Waals surface area contributed by atoms with Crippen LogP contribution in [0.2, 0.25) is 5.02 Å². The molecule has 24 heavy (non-hydrogen) atoms. The molecule has 0 N–H and O–H groups in total. The zero-order chi connectivity index (χ0) is 16.7. The molecule has 0 aliphatic carbocycles. The van der Waals surface area contributed by atoms with Gasteiger partial charge in [-0.1, -0.05) is 16.8 Å². The van der Waals surface area contributed by atoms with Crippen LogP contribution in [0, 0.1) is 6.92 Å². The molecule has 4 aromatic rings. The Bertz CT molecular complexity index is 1040. The normalized spacial score (nSPS) is 11.1. The number of hydrogen-bond acceptors (Lipinski definition) is 6. The predicted molar refractivity (Wildman–Crippen MR) is 89.0 cm³/mol. The first-order chi connectivity index (χ1) is 11.6. The van der Waals surface area contributed by atoms with E-state index in [0.717, 1.165) is 16.7 Å². The van der Waals surface area contributed by atoms with Crippen molar-refractivity contribution in [2.24, 2.45) is 0 Å². The number of oxazole rings is 1. The molecule has 7 heteroatoms. The van der Waals surface area contributed by atoms with Gasteiger partial charge >= 0.3 is 0 Å². The fraction of sp³-hybridized carbons (Fsp3) is 0.118. The van der Waals surface area contributed by atoms with E-state index in [2.05, 4.69) is 15.1 Å². The van der Waals surface area contributed by atoms with Gasteiger partial charge in [0.25, 0.3) is 5.89 Å². The van der Waals surface area contributed by atoms with Crippen LogP contribution in [0.15, 0.2) is 45.3 Å². The molecule has 2 aromatic heterocycles. The molecule has 6 nitrogen and oxygen atoms in total. The Morgan fingerprint density at radius 2 is 1.96 bits per heavy atom. The molecule has 0 saturated carbocycles. The van der Waals surface area contributed by atoms with E-state index >= 15 is 0 Å². The quantitative estimate of drug-likeness (QED) is 0.545. The van der Waals surface area contributed by atoms with Gasteiger partial charge in [-0.25, -0.2) is 4.98 Å². The van der Waals surface area contributed by atoms with Gasteiger partial charge in [-0.2, -0.15) is 4.98 Å². The third-order valence-corrected chi connectivity index (χ3v) is 3.81. The van der Waals surface area contributed by atoms with Gasteiger partial charge in [-0.3, -0.25) is 0 Å². The first kappa shape index (κ1) is 14.7. The molecule has 120 valence electrons. The first-order valence-electron chi connectivity index (χ1n) is 7.19. The van der Waals surface area contributed by atoms with Crippen molar-refractivity contribution in [1.82, 2.24) is 15.1 Å². The van der Waals surface area contributed by atoms with Crippen LogP contribution >= 0.6 is 11.6 Å². The molecular formula is C17H12ClN3O3. The number of ether oxygens (including phenoxy) is 1. The summed E-state index contributed by atoms with van der Waals surface area (Å²) in [5.74, 6) is 2.00.